The number of nitrogens with zero attached hydrogens (tertiary/aromatic N) is 2. The van der Waals surface area contributed by atoms with Crippen molar-refractivity contribution in [3.05, 3.63) is 42.0 Å². The molecule has 5 heteroatoms. The SMILES string of the molecule is COc1ccc(CO)cc1-c1ncc(F)cn1. The van der Waals surface area contributed by atoms with Crippen LogP contribution in [0.15, 0.2) is 30.6 Å². The third kappa shape index (κ3) is 2.39. The Balaban J connectivity index is 2.51. The van der Waals surface area contributed by atoms with Crippen LogP contribution in [0.1, 0.15) is 5.56 Å². The summed E-state index contributed by atoms with van der Waals surface area (Å²) in [4.78, 5) is 7.77. The largest absolute Gasteiger partial charge is 0.496 e. The van der Waals surface area contributed by atoms with Crippen molar-refractivity contribution in [2.24, 2.45) is 0 Å². The van der Waals surface area contributed by atoms with Gasteiger partial charge in [0.15, 0.2) is 11.6 Å². The fraction of sp³-hybridized carbons (Fsp3) is 0.167. The predicted octanol–water partition coefficient (Wildman–Crippen LogP) is 1.78. The molecule has 0 bridgehead atoms. The third-order valence-corrected chi connectivity index (χ3v) is 2.31. The number of aromatic nitrogens is 2. The van der Waals surface area contributed by atoms with Gasteiger partial charge in [-0.3, -0.25) is 0 Å². The van der Waals surface area contributed by atoms with Gasteiger partial charge < -0.3 is 9.84 Å². The number of ether oxygens (including phenoxy) is 1. The van der Waals surface area contributed by atoms with E-state index in [9.17, 15) is 4.39 Å². The van der Waals surface area contributed by atoms with E-state index in [0.717, 1.165) is 12.4 Å². The summed E-state index contributed by atoms with van der Waals surface area (Å²) in [5.74, 6) is 0.443. The van der Waals surface area contributed by atoms with E-state index in [0.29, 0.717) is 22.7 Å². The van der Waals surface area contributed by atoms with E-state index in [-0.39, 0.29) is 6.61 Å². The molecule has 0 saturated carbocycles. The highest BCUT2D eigenvalue weighted by atomic mass is 19.1. The molecule has 1 aromatic heterocycles. The molecule has 0 radical (unpaired) electrons. The van der Waals surface area contributed by atoms with Gasteiger partial charge in [-0.15, -0.1) is 0 Å². The summed E-state index contributed by atoms with van der Waals surface area (Å²) in [6.45, 7) is -0.0851. The number of halogens is 1. The Morgan fingerprint density at radius 2 is 2.00 bits per heavy atom. The zero-order valence-electron chi connectivity index (χ0n) is 9.22. The highest BCUT2D eigenvalue weighted by molar-refractivity contribution is 5.64. The molecule has 1 heterocycles. The molecule has 2 rings (SSSR count). The number of hydrogen-bond acceptors (Lipinski definition) is 4. The lowest BCUT2D eigenvalue weighted by molar-refractivity contribution is 0.281. The van der Waals surface area contributed by atoms with Crippen LogP contribution in [0.3, 0.4) is 0 Å². The molecule has 0 unspecified atom stereocenters. The second-order valence-electron chi connectivity index (χ2n) is 3.42. The van der Waals surface area contributed by atoms with Gasteiger partial charge in [0.1, 0.15) is 5.75 Å². The van der Waals surface area contributed by atoms with Gasteiger partial charge in [0.25, 0.3) is 0 Å². The van der Waals surface area contributed by atoms with Crippen molar-refractivity contribution in [1.29, 1.82) is 0 Å². The highest BCUT2D eigenvalue weighted by Crippen LogP contribution is 2.28. The topological polar surface area (TPSA) is 55.2 Å². The number of methoxy groups -OCH3 is 1. The summed E-state index contributed by atoms with van der Waals surface area (Å²) in [5, 5.41) is 9.08. The molecule has 88 valence electrons. The monoisotopic (exact) mass is 234 g/mol. The maximum Gasteiger partial charge on any atom is 0.163 e. The standard InChI is InChI=1S/C12H11FN2O2/c1-17-11-3-2-8(7-16)4-10(11)12-14-5-9(13)6-15-12/h2-6,16H,7H2,1H3. The second-order valence-corrected chi connectivity index (χ2v) is 3.42. The minimum atomic E-state index is -0.494. The molecular formula is C12H11FN2O2. The number of aliphatic hydroxyl groups is 1. The van der Waals surface area contributed by atoms with Crippen LogP contribution in [0.2, 0.25) is 0 Å². The van der Waals surface area contributed by atoms with Gasteiger partial charge in [0.2, 0.25) is 0 Å². The summed E-state index contributed by atoms with van der Waals surface area (Å²) in [6.07, 6.45) is 2.18. The van der Waals surface area contributed by atoms with Gasteiger partial charge in [0, 0.05) is 0 Å². The second kappa shape index (κ2) is 4.88. The Labute approximate surface area is 97.7 Å². The molecule has 17 heavy (non-hydrogen) atoms. The van der Waals surface area contributed by atoms with Crippen LogP contribution in [-0.2, 0) is 6.61 Å². The first-order chi connectivity index (χ1) is 8.24. The first kappa shape index (κ1) is 11.5. The number of hydrogen-bond donors (Lipinski definition) is 1. The third-order valence-electron chi connectivity index (χ3n) is 2.31. The van der Waals surface area contributed by atoms with Gasteiger partial charge >= 0.3 is 0 Å². The summed E-state index contributed by atoms with van der Waals surface area (Å²) in [5.41, 5.74) is 1.34. The maximum atomic E-state index is 12.7. The van der Waals surface area contributed by atoms with E-state index < -0.39 is 5.82 Å². The van der Waals surface area contributed by atoms with Crippen molar-refractivity contribution >= 4 is 0 Å². The maximum absolute atomic E-state index is 12.7. The molecule has 0 atom stereocenters. The molecule has 0 amide bonds. The first-order valence-corrected chi connectivity index (χ1v) is 5.00. The summed E-state index contributed by atoms with van der Waals surface area (Å²) in [6, 6.07) is 5.17. The van der Waals surface area contributed by atoms with Gasteiger partial charge in [0.05, 0.1) is 31.7 Å². The Morgan fingerprint density at radius 3 is 2.59 bits per heavy atom. The molecule has 1 aromatic carbocycles. The van der Waals surface area contributed by atoms with Crippen molar-refractivity contribution in [3.8, 4) is 17.1 Å². The Kier molecular flexibility index (Phi) is 3.30. The lowest BCUT2D eigenvalue weighted by atomic mass is 10.1. The summed E-state index contributed by atoms with van der Waals surface area (Å²) in [7, 11) is 1.53. The Bertz CT molecular complexity index is 514. The van der Waals surface area contributed by atoms with Crippen molar-refractivity contribution in [2.45, 2.75) is 6.61 Å². The first-order valence-electron chi connectivity index (χ1n) is 5.00. The van der Waals surface area contributed by atoms with Gasteiger partial charge in [-0.25, -0.2) is 14.4 Å². The van der Waals surface area contributed by atoms with Crippen LogP contribution in [-0.4, -0.2) is 22.2 Å². The number of benzene rings is 1. The molecule has 0 aliphatic carbocycles. The van der Waals surface area contributed by atoms with Gasteiger partial charge in [-0.05, 0) is 17.7 Å². The molecule has 4 nitrogen and oxygen atoms in total. The molecular weight excluding hydrogens is 223 g/mol. The molecule has 0 fully saturated rings. The molecule has 0 spiro atoms. The lowest BCUT2D eigenvalue weighted by Crippen LogP contribution is -1.95. The molecule has 0 aliphatic rings. The summed E-state index contributed by atoms with van der Waals surface area (Å²) < 4.78 is 17.9. The molecule has 1 N–H and O–H groups in total. The molecule has 0 aliphatic heterocycles. The molecule has 2 aromatic rings. The number of aliphatic hydroxyl groups excluding tert-OH is 1. The van der Waals surface area contributed by atoms with Crippen LogP contribution in [0.5, 0.6) is 5.75 Å². The summed E-state index contributed by atoms with van der Waals surface area (Å²) >= 11 is 0. The zero-order chi connectivity index (χ0) is 12.3. The van der Waals surface area contributed by atoms with E-state index in [1.807, 2.05) is 0 Å². The lowest BCUT2D eigenvalue weighted by Gasteiger charge is -2.08. The van der Waals surface area contributed by atoms with Crippen LogP contribution in [0, 0.1) is 5.82 Å². The van der Waals surface area contributed by atoms with E-state index in [4.69, 9.17) is 9.84 Å². The van der Waals surface area contributed by atoms with Crippen LogP contribution < -0.4 is 4.74 Å². The molecule has 0 saturated heterocycles. The minimum absolute atomic E-state index is 0.0851. The average Bonchev–Trinajstić information content (AvgIpc) is 2.39. The number of rotatable bonds is 3. The normalized spacial score (nSPS) is 10.3. The van der Waals surface area contributed by atoms with Crippen molar-refractivity contribution in [3.63, 3.8) is 0 Å². The van der Waals surface area contributed by atoms with Crippen LogP contribution in [0.25, 0.3) is 11.4 Å². The van der Waals surface area contributed by atoms with E-state index in [2.05, 4.69) is 9.97 Å². The fourth-order valence-electron chi connectivity index (χ4n) is 1.48. The quantitative estimate of drug-likeness (QED) is 0.879. The minimum Gasteiger partial charge on any atom is -0.496 e. The Morgan fingerprint density at radius 1 is 1.29 bits per heavy atom. The fourth-order valence-corrected chi connectivity index (χ4v) is 1.48. The van der Waals surface area contributed by atoms with E-state index >= 15 is 0 Å². The van der Waals surface area contributed by atoms with E-state index in [1.165, 1.54) is 7.11 Å². The van der Waals surface area contributed by atoms with Gasteiger partial charge in [-0.2, -0.15) is 0 Å². The van der Waals surface area contributed by atoms with Crippen molar-refractivity contribution in [1.82, 2.24) is 9.97 Å². The van der Waals surface area contributed by atoms with Gasteiger partial charge in [-0.1, -0.05) is 6.07 Å². The van der Waals surface area contributed by atoms with Crippen LogP contribution in [0.4, 0.5) is 4.39 Å². The van der Waals surface area contributed by atoms with E-state index in [1.54, 1.807) is 18.2 Å². The zero-order valence-corrected chi connectivity index (χ0v) is 9.22. The van der Waals surface area contributed by atoms with Crippen molar-refractivity contribution < 1.29 is 14.2 Å². The average molecular weight is 234 g/mol. The van der Waals surface area contributed by atoms with Crippen molar-refractivity contribution in [2.75, 3.05) is 7.11 Å². The van der Waals surface area contributed by atoms with Crippen LogP contribution >= 0.6 is 0 Å². The Hall–Kier alpha value is -2.01. The smallest absolute Gasteiger partial charge is 0.163 e. The highest BCUT2D eigenvalue weighted by Gasteiger charge is 2.09. The predicted molar refractivity (Wildman–Crippen MR) is 59.9 cm³/mol.